The van der Waals surface area contributed by atoms with Gasteiger partial charge in [-0.3, -0.25) is 0 Å². The van der Waals surface area contributed by atoms with Crippen molar-refractivity contribution >= 4 is 6.03 Å². The summed E-state index contributed by atoms with van der Waals surface area (Å²) in [6, 6.07) is 0.232. The van der Waals surface area contributed by atoms with Crippen molar-refractivity contribution < 1.29 is 9.53 Å². The molecule has 6 atom stereocenters. The van der Waals surface area contributed by atoms with E-state index in [4.69, 9.17) is 4.74 Å². The first-order valence-corrected chi connectivity index (χ1v) is 8.95. The van der Waals surface area contributed by atoms with Gasteiger partial charge in [0.1, 0.15) is 0 Å². The van der Waals surface area contributed by atoms with Crippen molar-refractivity contribution in [3.05, 3.63) is 0 Å². The SMILES string of the molecule is O=C(NCCC1CCC2CC12)NC1CCC2CCC1OC2. The second-order valence-corrected chi connectivity index (χ2v) is 7.68. The Morgan fingerprint density at radius 3 is 2.71 bits per heavy atom. The second kappa shape index (κ2) is 5.79. The monoisotopic (exact) mass is 292 g/mol. The number of nitrogens with one attached hydrogen (secondary N) is 2. The van der Waals surface area contributed by atoms with Crippen LogP contribution in [-0.2, 0) is 4.74 Å². The highest BCUT2D eigenvalue weighted by Gasteiger charge is 2.47. The number of ether oxygens (including phenoxy) is 1. The lowest BCUT2D eigenvalue weighted by Crippen LogP contribution is -2.48. The molecule has 3 aliphatic carbocycles. The van der Waals surface area contributed by atoms with Crippen LogP contribution < -0.4 is 10.6 Å². The molecule has 6 unspecified atom stereocenters. The van der Waals surface area contributed by atoms with E-state index in [-0.39, 0.29) is 18.2 Å². The molecule has 3 saturated carbocycles. The molecule has 0 aromatic carbocycles. The maximum absolute atomic E-state index is 12.1. The van der Waals surface area contributed by atoms with Gasteiger partial charge in [-0.1, -0.05) is 0 Å². The van der Waals surface area contributed by atoms with Crippen LogP contribution in [0.2, 0.25) is 0 Å². The zero-order valence-corrected chi connectivity index (χ0v) is 12.9. The summed E-state index contributed by atoms with van der Waals surface area (Å²) in [7, 11) is 0. The van der Waals surface area contributed by atoms with E-state index in [9.17, 15) is 4.79 Å². The summed E-state index contributed by atoms with van der Waals surface area (Å²) in [4.78, 5) is 12.1. The molecule has 2 N–H and O–H groups in total. The zero-order chi connectivity index (χ0) is 14.2. The highest BCUT2D eigenvalue weighted by Crippen LogP contribution is 2.56. The van der Waals surface area contributed by atoms with E-state index in [1.807, 2.05) is 0 Å². The van der Waals surface area contributed by atoms with Crippen LogP contribution in [0, 0.1) is 23.7 Å². The standard InChI is InChI=1S/C17H28N2O2/c20-17(18-8-7-12-3-4-13-9-14(12)13)19-15-5-1-11-2-6-16(15)21-10-11/h11-16H,1-10H2,(H2,18,19,20). The molecule has 4 nitrogen and oxygen atoms in total. The van der Waals surface area contributed by atoms with Gasteiger partial charge in [0.2, 0.25) is 0 Å². The fraction of sp³-hybridized carbons (Fsp3) is 0.941. The van der Waals surface area contributed by atoms with Crippen molar-refractivity contribution in [2.75, 3.05) is 13.2 Å². The zero-order valence-electron chi connectivity index (χ0n) is 12.9. The minimum absolute atomic E-state index is 0.0132. The van der Waals surface area contributed by atoms with E-state index in [2.05, 4.69) is 10.6 Å². The average molecular weight is 292 g/mol. The van der Waals surface area contributed by atoms with Crippen molar-refractivity contribution in [1.29, 1.82) is 0 Å². The van der Waals surface area contributed by atoms with E-state index in [0.717, 1.165) is 49.7 Å². The van der Waals surface area contributed by atoms with Crippen molar-refractivity contribution in [2.45, 2.75) is 63.5 Å². The number of hydrogen-bond acceptors (Lipinski definition) is 2. The molecule has 0 aromatic heterocycles. The molecule has 2 bridgehead atoms. The van der Waals surface area contributed by atoms with Gasteiger partial charge in [0.15, 0.2) is 0 Å². The van der Waals surface area contributed by atoms with Gasteiger partial charge >= 0.3 is 6.03 Å². The number of carbonyl (C=O) groups is 1. The van der Waals surface area contributed by atoms with Crippen LogP contribution in [-0.4, -0.2) is 31.3 Å². The number of rotatable bonds is 4. The van der Waals surface area contributed by atoms with E-state index < -0.39 is 0 Å². The first-order valence-electron chi connectivity index (χ1n) is 8.95. The van der Waals surface area contributed by atoms with E-state index in [1.54, 1.807) is 0 Å². The van der Waals surface area contributed by atoms with E-state index >= 15 is 0 Å². The molecule has 5 aliphatic rings. The van der Waals surface area contributed by atoms with Crippen LogP contribution in [0.15, 0.2) is 0 Å². The summed E-state index contributed by atoms with van der Waals surface area (Å²) in [5.74, 6) is 3.65. The predicted molar refractivity (Wildman–Crippen MR) is 81.0 cm³/mol. The number of carbonyl (C=O) groups excluding carboxylic acids is 1. The van der Waals surface area contributed by atoms with Crippen LogP contribution in [0.25, 0.3) is 0 Å². The minimum atomic E-state index is 0.0132. The maximum Gasteiger partial charge on any atom is 0.315 e. The summed E-state index contributed by atoms with van der Waals surface area (Å²) < 4.78 is 5.88. The van der Waals surface area contributed by atoms with Crippen LogP contribution in [0.5, 0.6) is 0 Å². The van der Waals surface area contributed by atoms with Crippen LogP contribution in [0.1, 0.15) is 51.4 Å². The molecule has 5 rings (SSSR count). The fourth-order valence-electron chi connectivity index (χ4n) is 4.91. The molecular formula is C17H28N2O2. The Balaban J connectivity index is 1.18. The molecule has 2 aliphatic heterocycles. The summed E-state index contributed by atoms with van der Waals surface area (Å²) in [5, 5.41) is 6.23. The Labute approximate surface area is 127 Å². The summed E-state index contributed by atoms with van der Waals surface area (Å²) in [6.07, 6.45) is 10.4. The Hall–Kier alpha value is -0.770. The van der Waals surface area contributed by atoms with Crippen LogP contribution in [0.4, 0.5) is 4.79 Å². The Bertz CT molecular complexity index is 392. The number of fused-ring (bicyclic) bond motifs is 5. The molecule has 21 heavy (non-hydrogen) atoms. The quantitative estimate of drug-likeness (QED) is 0.837. The molecule has 2 heterocycles. The van der Waals surface area contributed by atoms with Crippen molar-refractivity contribution in [2.24, 2.45) is 23.7 Å². The third kappa shape index (κ3) is 3.05. The van der Waals surface area contributed by atoms with Gasteiger partial charge in [-0.15, -0.1) is 0 Å². The largest absolute Gasteiger partial charge is 0.376 e. The third-order valence-electron chi connectivity index (χ3n) is 6.35. The predicted octanol–water partition coefficient (Wildman–Crippen LogP) is 2.68. The number of urea groups is 1. The van der Waals surface area contributed by atoms with Gasteiger partial charge in [0, 0.05) is 13.2 Å². The van der Waals surface area contributed by atoms with Crippen molar-refractivity contribution in [1.82, 2.24) is 10.6 Å². The molecule has 5 fully saturated rings. The number of amides is 2. The van der Waals surface area contributed by atoms with Gasteiger partial charge in [0.25, 0.3) is 0 Å². The molecule has 2 amide bonds. The van der Waals surface area contributed by atoms with Crippen LogP contribution >= 0.6 is 0 Å². The summed E-state index contributed by atoms with van der Waals surface area (Å²) in [6.45, 7) is 1.73. The molecule has 118 valence electrons. The summed E-state index contributed by atoms with van der Waals surface area (Å²) in [5.41, 5.74) is 0. The minimum Gasteiger partial charge on any atom is -0.376 e. The Morgan fingerprint density at radius 1 is 1.10 bits per heavy atom. The molecule has 4 heteroatoms. The molecule has 0 spiro atoms. The van der Waals surface area contributed by atoms with Gasteiger partial charge in [0.05, 0.1) is 12.1 Å². The lowest BCUT2D eigenvalue weighted by Gasteiger charge is -2.28. The van der Waals surface area contributed by atoms with Gasteiger partial charge < -0.3 is 15.4 Å². The topological polar surface area (TPSA) is 50.4 Å². The first kappa shape index (κ1) is 13.9. The lowest BCUT2D eigenvalue weighted by atomic mass is 10.00. The second-order valence-electron chi connectivity index (χ2n) is 7.68. The smallest absolute Gasteiger partial charge is 0.315 e. The normalized spacial score (nSPS) is 44.0. The molecule has 2 saturated heterocycles. The highest BCUT2D eigenvalue weighted by molar-refractivity contribution is 5.74. The van der Waals surface area contributed by atoms with Gasteiger partial charge in [-0.05, 0) is 75.0 Å². The summed E-state index contributed by atoms with van der Waals surface area (Å²) >= 11 is 0. The molecule has 0 aromatic rings. The van der Waals surface area contributed by atoms with Crippen LogP contribution in [0.3, 0.4) is 0 Å². The number of hydrogen-bond donors (Lipinski definition) is 2. The molecule has 0 radical (unpaired) electrons. The maximum atomic E-state index is 12.1. The van der Waals surface area contributed by atoms with E-state index in [1.165, 1.54) is 38.5 Å². The Kier molecular flexibility index (Phi) is 3.82. The highest BCUT2D eigenvalue weighted by atomic mass is 16.5. The fourth-order valence-corrected chi connectivity index (χ4v) is 4.91. The first-order chi connectivity index (χ1) is 10.3. The van der Waals surface area contributed by atoms with E-state index in [0.29, 0.717) is 0 Å². The van der Waals surface area contributed by atoms with Gasteiger partial charge in [-0.25, -0.2) is 4.79 Å². The lowest BCUT2D eigenvalue weighted by molar-refractivity contribution is -0.0132. The molecular weight excluding hydrogens is 264 g/mol. The van der Waals surface area contributed by atoms with Crippen molar-refractivity contribution in [3.63, 3.8) is 0 Å². The van der Waals surface area contributed by atoms with Crippen molar-refractivity contribution in [3.8, 4) is 0 Å². The third-order valence-corrected chi connectivity index (χ3v) is 6.35. The average Bonchev–Trinajstić information content (AvgIpc) is 3.24. The Morgan fingerprint density at radius 2 is 2.00 bits per heavy atom. The van der Waals surface area contributed by atoms with Gasteiger partial charge in [-0.2, -0.15) is 0 Å².